The van der Waals surface area contributed by atoms with Crippen LogP contribution in [0, 0.1) is 15.9 Å². The maximum absolute atomic E-state index is 12.9. The summed E-state index contributed by atoms with van der Waals surface area (Å²) >= 11 is 0. The van der Waals surface area contributed by atoms with E-state index in [0.29, 0.717) is 11.1 Å². The number of aromatic amines is 1. The first-order valence-electron chi connectivity index (χ1n) is 6.79. The highest BCUT2D eigenvalue weighted by molar-refractivity contribution is 5.80. The maximum Gasteiger partial charge on any atom is 0.274 e. The second-order valence-corrected chi connectivity index (χ2v) is 4.95. The average molecular weight is 327 g/mol. The SMILES string of the molecule is O=c1[nH]c2ccc([N+](=O)[O-])cc2nc1C=C(O)c1ccc(F)cc1. The number of rotatable bonds is 3. The minimum absolute atomic E-state index is 0.121. The molecule has 0 spiro atoms. The normalized spacial score (nSPS) is 11.6. The monoisotopic (exact) mass is 327 g/mol. The number of fused-ring (bicyclic) bond motifs is 1. The van der Waals surface area contributed by atoms with Gasteiger partial charge in [-0.05, 0) is 30.3 Å². The maximum atomic E-state index is 12.9. The van der Waals surface area contributed by atoms with Crippen molar-refractivity contribution in [2.75, 3.05) is 0 Å². The Morgan fingerprint density at radius 2 is 1.96 bits per heavy atom. The minimum Gasteiger partial charge on any atom is -0.507 e. The smallest absolute Gasteiger partial charge is 0.274 e. The predicted molar refractivity (Wildman–Crippen MR) is 85.9 cm³/mol. The zero-order valence-electron chi connectivity index (χ0n) is 12.1. The number of nitrogens with one attached hydrogen (secondary N) is 1. The van der Waals surface area contributed by atoms with Crippen LogP contribution in [0.4, 0.5) is 10.1 Å². The molecule has 0 aliphatic rings. The number of halogens is 1. The molecule has 0 atom stereocenters. The van der Waals surface area contributed by atoms with Crippen molar-refractivity contribution in [3.05, 3.63) is 80.0 Å². The number of nitro groups is 1. The largest absolute Gasteiger partial charge is 0.507 e. The second-order valence-electron chi connectivity index (χ2n) is 4.95. The van der Waals surface area contributed by atoms with Gasteiger partial charge in [0.15, 0.2) is 0 Å². The molecule has 1 aromatic heterocycles. The molecule has 0 saturated heterocycles. The Hall–Kier alpha value is -3.55. The first kappa shape index (κ1) is 15.3. The molecule has 2 N–H and O–H groups in total. The Labute approximate surface area is 133 Å². The third kappa shape index (κ3) is 2.98. The van der Waals surface area contributed by atoms with Crippen LogP contribution in [-0.4, -0.2) is 20.0 Å². The van der Waals surface area contributed by atoms with Gasteiger partial charge in [0.25, 0.3) is 11.2 Å². The topological polar surface area (TPSA) is 109 Å². The fourth-order valence-electron chi connectivity index (χ4n) is 2.13. The molecule has 120 valence electrons. The van der Waals surface area contributed by atoms with E-state index in [1.165, 1.54) is 42.5 Å². The molecular formula is C16H10FN3O4. The van der Waals surface area contributed by atoms with Crippen molar-refractivity contribution in [1.29, 1.82) is 0 Å². The highest BCUT2D eigenvalue weighted by Gasteiger charge is 2.10. The molecule has 0 saturated carbocycles. The summed E-state index contributed by atoms with van der Waals surface area (Å²) in [6.07, 6.45) is 1.12. The van der Waals surface area contributed by atoms with Gasteiger partial charge in [0.1, 0.15) is 17.3 Å². The Kier molecular flexibility index (Phi) is 3.78. The van der Waals surface area contributed by atoms with Crippen LogP contribution in [0.15, 0.2) is 47.3 Å². The Bertz CT molecular complexity index is 1030. The van der Waals surface area contributed by atoms with E-state index in [1.807, 2.05) is 0 Å². The van der Waals surface area contributed by atoms with Gasteiger partial charge in [0.05, 0.1) is 16.0 Å². The summed E-state index contributed by atoms with van der Waals surface area (Å²) in [5, 5.41) is 20.9. The van der Waals surface area contributed by atoms with E-state index in [-0.39, 0.29) is 22.7 Å². The number of hydrogen-bond acceptors (Lipinski definition) is 5. The van der Waals surface area contributed by atoms with Crippen LogP contribution in [0.3, 0.4) is 0 Å². The van der Waals surface area contributed by atoms with Crippen LogP contribution in [-0.2, 0) is 0 Å². The lowest BCUT2D eigenvalue weighted by molar-refractivity contribution is -0.384. The van der Waals surface area contributed by atoms with Crippen molar-refractivity contribution >= 4 is 28.6 Å². The van der Waals surface area contributed by atoms with E-state index >= 15 is 0 Å². The van der Waals surface area contributed by atoms with Crippen molar-refractivity contribution in [2.45, 2.75) is 0 Å². The summed E-state index contributed by atoms with van der Waals surface area (Å²) in [6, 6.07) is 8.89. The molecule has 2 aromatic carbocycles. The highest BCUT2D eigenvalue weighted by atomic mass is 19.1. The zero-order valence-corrected chi connectivity index (χ0v) is 12.1. The summed E-state index contributed by atoms with van der Waals surface area (Å²) in [7, 11) is 0. The summed E-state index contributed by atoms with van der Waals surface area (Å²) in [4.78, 5) is 28.8. The molecule has 3 rings (SSSR count). The highest BCUT2D eigenvalue weighted by Crippen LogP contribution is 2.18. The molecule has 0 bridgehead atoms. The van der Waals surface area contributed by atoms with Gasteiger partial charge in [-0.2, -0.15) is 0 Å². The van der Waals surface area contributed by atoms with E-state index in [2.05, 4.69) is 9.97 Å². The van der Waals surface area contributed by atoms with E-state index in [9.17, 15) is 24.4 Å². The second kappa shape index (κ2) is 5.92. The Morgan fingerprint density at radius 1 is 1.25 bits per heavy atom. The summed E-state index contributed by atoms with van der Waals surface area (Å²) in [5.41, 5.74) is -0.00251. The molecule has 1 heterocycles. The third-order valence-corrected chi connectivity index (χ3v) is 3.33. The molecule has 0 aliphatic carbocycles. The molecule has 0 aliphatic heterocycles. The molecule has 0 amide bonds. The Morgan fingerprint density at radius 3 is 2.62 bits per heavy atom. The van der Waals surface area contributed by atoms with Crippen molar-refractivity contribution in [3.63, 3.8) is 0 Å². The van der Waals surface area contributed by atoms with Gasteiger partial charge in [-0.1, -0.05) is 0 Å². The van der Waals surface area contributed by atoms with Gasteiger partial charge in [0.2, 0.25) is 0 Å². The molecule has 0 fully saturated rings. The lowest BCUT2D eigenvalue weighted by Crippen LogP contribution is -2.12. The number of H-pyrrole nitrogens is 1. The van der Waals surface area contributed by atoms with Crippen LogP contribution in [0.5, 0.6) is 0 Å². The number of hydrogen-bond donors (Lipinski definition) is 2. The van der Waals surface area contributed by atoms with Crippen LogP contribution >= 0.6 is 0 Å². The summed E-state index contributed by atoms with van der Waals surface area (Å²) < 4.78 is 12.9. The third-order valence-electron chi connectivity index (χ3n) is 3.33. The molecule has 8 heteroatoms. The predicted octanol–water partition coefficient (Wildman–Crippen LogP) is 3.03. The van der Waals surface area contributed by atoms with Gasteiger partial charge in [-0.15, -0.1) is 0 Å². The lowest BCUT2D eigenvalue weighted by atomic mass is 10.1. The van der Waals surface area contributed by atoms with Crippen molar-refractivity contribution in [2.24, 2.45) is 0 Å². The minimum atomic E-state index is -0.572. The van der Waals surface area contributed by atoms with Crippen LogP contribution in [0.2, 0.25) is 0 Å². The van der Waals surface area contributed by atoms with Crippen LogP contribution in [0.1, 0.15) is 11.3 Å². The number of aliphatic hydroxyl groups excluding tert-OH is 1. The summed E-state index contributed by atoms with van der Waals surface area (Å²) in [6.45, 7) is 0. The van der Waals surface area contributed by atoms with E-state index in [1.54, 1.807) is 0 Å². The molecule has 7 nitrogen and oxygen atoms in total. The number of benzene rings is 2. The lowest BCUT2D eigenvalue weighted by Gasteiger charge is -2.02. The number of nitrogens with zero attached hydrogens (tertiary/aromatic N) is 2. The number of non-ortho nitro benzene ring substituents is 1. The van der Waals surface area contributed by atoms with Gasteiger partial charge in [-0.3, -0.25) is 14.9 Å². The molecule has 24 heavy (non-hydrogen) atoms. The van der Waals surface area contributed by atoms with Gasteiger partial charge < -0.3 is 10.1 Å². The molecule has 3 aromatic rings. The number of aromatic nitrogens is 2. The van der Waals surface area contributed by atoms with E-state index in [4.69, 9.17) is 0 Å². The van der Waals surface area contributed by atoms with E-state index < -0.39 is 16.3 Å². The van der Waals surface area contributed by atoms with Crippen LogP contribution < -0.4 is 5.56 Å². The fraction of sp³-hybridized carbons (Fsp3) is 0. The summed E-state index contributed by atoms with van der Waals surface area (Å²) in [5.74, 6) is -0.738. The first-order valence-corrected chi connectivity index (χ1v) is 6.79. The fourth-order valence-corrected chi connectivity index (χ4v) is 2.13. The van der Waals surface area contributed by atoms with Crippen molar-refractivity contribution in [3.8, 4) is 0 Å². The standard InChI is InChI=1S/C16H10FN3O4/c17-10-3-1-9(2-4-10)15(21)8-14-16(22)19-12-6-5-11(20(23)24)7-13(12)18-14/h1-8,21H,(H,19,22). The zero-order chi connectivity index (χ0) is 17.3. The van der Waals surface area contributed by atoms with Gasteiger partial charge in [-0.25, -0.2) is 9.37 Å². The molecular weight excluding hydrogens is 317 g/mol. The quantitative estimate of drug-likeness (QED) is 0.436. The Balaban J connectivity index is 2.09. The van der Waals surface area contributed by atoms with Crippen molar-refractivity contribution < 1.29 is 14.4 Å². The van der Waals surface area contributed by atoms with E-state index in [0.717, 1.165) is 6.08 Å². The van der Waals surface area contributed by atoms with Gasteiger partial charge in [0, 0.05) is 23.8 Å². The molecule has 0 radical (unpaired) electrons. The van der Waals surface area contributed by atoms with Crippen molar-refractivity contribution in [1.82, 2.24) is 9.97 Å². The first-order chi connectivity index (χ1) is 11.4. The number of aliphatic hydroxyl groups is 1. The van der Waals surface area contributed by atoms with Crippen LogP contribution in [0.25, 0.3) is 22.9 Å². The molecule has 0 unspecified atom stereocenters. The average Bonchev–Trinajstić information content (AvgIpc) is 2.55. The van der Waals surface area contributed by atoms with Gasteiger partial charge >= 0.3 is 0 Å². The number of nitro benzene ring substituents is 1.